The lowest BCUT2D eigenvalue weighted by Gasteiger charge is -2.26. The summed E-state index contributed by atoms with van der Waals surface area (Å²) in [7, 11) is -2.41. The summed E-state index contributed by atoms with van der Waals surface area (Å²) in [4.78, 5) is 23.1. The minimum absolute atomic E-state index is 0.230. The Morgan fingerprint density at radius 1 is 1.26 bits per heavy atom. The highest BCUT2D eigenvalue weighted by atomic mass is 31.2. The van der Waals surface area contributed by atoms with E-state index in [9.17, 15) is 19.4 Å². The van der Waals surface area contributed by atoms with Crippen molar-refractivity contribution in [3.63, 3.8) is 0 Å². The van der Waals surface area contributed by atoms with E-state index in [1.54, 1.807) is 50.6 Å². The van der Waals surface area contributed by atoms with Crippen LogP contribution in [0.25, 0.3) is 0 Å². The lowest BCUT2D eigenvalue weighted by molar-refractivity contribution is -0.178. The Labute approximate surface area is 135 Å². The first kappa shape index (κ1) is 19.4. The predicted molar refractivity (Wildman–Crippen MR) is 87.0 cm³/mol. The number of aliphatic carboxylic acids is 1. The third-order valence-corrected chi connectivity index (χ3v) is 5.63. The third-order valence-electron chi connectivity index (χ3n) is 3.58. The molecule has 0 heterocycles. The van der Waals surface area contributed by atoms with Gasteiger partial charge in [0.25, 0.3) is 5.91 Å². The molecule has 0 radical (unpaired) electrons. The summed E-state index contributed by atoms with van der Waals surface area (Å²) in [6.07, 6.45) is -0.415. The number of carboxylic acid groups (broad SMARTS) is 1. The van der Waals surface area contributed by atoms with Crippen molar-refractivity contribution in [3.8, 4) is 0 Å². The second-order valence-electron chi connectivity index (χ2n) is 5.75. The van der Waals surface area contributed by atoms with Crippen LogP contribution in [0.15, 0.2) is 30.3 Å². The maximum absolute atomic E-state index is 12.1. The molecule has 3 N–H and O–H groups in total. The lowest BCUT2D eigenvalue weighted by Crippen LogP contribution is -2.41. The summed E-state index contributed by atoms with van der Waals surface area (Å²) >= 11 is 0. The standard InChI is InChI=1S/C15H23N2O5P/c1-11(23(2,3)22)16-10-14(18)17(21)13(9-15(19)20)12-7-5-4-6-8-12/h4-8,11,13,16,21H,9-10H2,1-3H3,(H,19,20). The normalized spacial score (nSPS) is 14.1. The first-order valence-electron chi connectivity index (χ1n) is 7.18. The van der Waals surface area contributed by atoms with E-state index in [1.165, 1.54) is 0 Å². The fourth-order valence-corrected chi connectivity index (χ4v) is 2.43. The van der Waals surface area contributed by atoms with Crippen LogP contribution in [0.4, 0.5) is 0 Å². The van der Waals surface area contributed by atoms with Crippen LogP contribution in [0.3, 0.4) is 0 Å². The van der Waals surface area contributed by atoms with Gasteiger partial charge in [-0.3, -0.25) is 20.1 Å². The highest BCUT2D eigenvalue weighted by molar-refractivity contribution is 7.63. The number of carbonyl (C=O) groups is 2. The van der Waals surface area contributed by atoms with Gasteiger partial charge in [0.1, 0.15) is 0 Å². The van der Waals surface area contributed by atoms with Crippen molar-refractivity contribution in [2.24, 2.45) is 0 Å². The van der Waals surface area contributed by atoms with Gasteiger partial charge >= 0.3 is 5.97 Å². The van der Waals surface area contributed by atoms with Gasteiger partial charge in [-0.05, 0) is 25.8 Å². The van der Waals surface area contributed by atoms with Gasteiger partial charge in [-0.1, -0.05) is 30.3 Å². The molecular weight excluding hydrogens is 319 g/mol. The average Bonchev–Trinajstić information content (AvgIpc) is 2.48. The van der Waals surface area contributed by atoms with E-state index in [2.05, 4.69) is 5.32 Å². The summed E-state index contributed by atoms with van der Waals surface area (Å²) in [6, 6.07) is 7.47. The molecule has 1 amide bonds. The zero-order valence-electron chi connectivity index (χ0n) is 13.5. The molecule has 0 fully saturated rings. The molecule has 2 unspecified atom stereocenters. The van der Waals surface area contributed by atoms with Crippen molar-refractivity contribution in [2.75, 3.05) is 19.9 Å². The molecule has 0 saturated carbocycles. The Hall–Kier alpha value is -1.69. The molecule has 0 saturated heterocycles. The van der Waals surface area contributed by atoms with E-state index >= 15 is 0 Å². The molecule has 0 aliphatic heterocycles. The van der Waals surface area contributed by atoms with Crippen LogP contribution >= 0.6 is 7.14 Å². The van der Waals surface area contributed by atoms with Crippen molar-refractivity contribution in [3.05, 3.63) is 35.9 Å². The fraction of sp³-hybridized carbons (Fsp3) is 0.467. The summed E-state index contributed by atoms with van der Waals surface area (Å²) in [5.41, 5.74) is 0.524. The molecule has 2 atom stereocenters. The van der Waals surface area contributed by atoms with Gasteiger partial charge in [0.2, 0.25) is 0 Å². The monoisotopic (exact) mass is 342 g/mol. The van der Waals surface area contributed by atoms with Gasteiger partial charge in [-0.25, -0.2) is 5.06 Å². The topological polar surface area (TPSA) is 107 Å². The molecule has 0 bridgehead atoms. The van der Waals surface area contributed by atoms with Gasteiger partial charge < -0.3 is 9.67 Å². The van der Waals surface area contributed by atoms with Crippen LogP contribution in [-0.4, -0.2) is 52.9 Å². The van der Waals surface area contributed by atoms with E-state index in [4.69, 9.17) is 5.11 Å². The van der Waals surface area contributed by atoms with Crippen molar-refractivity contribution in [1.29, 1.82) is 0 Å². The number of hydrogen-bond acceptors (Lipinski definition) is 5. The SMILES string of the molecule is CC(NCC(=O)N(O)C(CC(=O)O)c1ccccc1)P(C)(C)=O. The quantitative estimate of drug-likeness (QED) is 0.379. The number of carboxylic acids is 1. The Bertz CT molecular complexity index is 587. The zero-order chi connectivity index (χ0) is 17.6. The number of nitrogens with zero attached hydrogens (tertiary/aromatic N) is 1. The summed E-state index contributed by atoms with van der Waals surface area (Å²) in [5, 5.41) is 22.3. The second kappa shape index (κ2) is 8.24. The molecule has 1 rings (SSSR count). The molecule has 8 heteroatoms. The number of nitrogens with one attached hydrogen (secondary N) is 1. The first-order chi connectivity index (χ1) is 10.6. The molecule has 1 aromatic carbocycles. The van der Waals surface area contributed by atoms with Crippen molar-refractivity contribution in [2.45, 2.75) is 25.2 Å². The summed E-state index contributed by atoms with van der Waals surface area (Å²) in [5.74, 6) is -2.19. The van der Waals surface area contributed by atoms with E-state index in [-0.39, 0.29) is 12.3 Å². The number of carbonyl (C=O) groups excluding carboxylic acids is 1. The Kier molecular flexibility index (Phi) is 6.94. The summed E-state index contributed by atoms with van der Waals surface area (Å²) < 4.78 is 11.9. The van der Waals surface area contributed by atoms with E-state index in [0.29, 0.717) is 10.6 Å². The van der Waals surface area contributed by atoms with Crippen LogP contribution < -0.4 is 5.32 Å². The maximum atomic E-state index is 12.1. The Balaban J connectivity index is 2.80. The highest BCUT2D eigenvalue weighted by Crippen LogP contribution is 2.40. The number of hydroxylamine groups is 2. The molecule has 0 aliphatic rings. The second-order valence-corrected chi connectivity index (χ2v) is 9.40. The molecule has 1 aromatic rings. The predicted octanol–water partition coefficient (Wildman–Crippen LogP) is 1.98. The van der Waals surface area contributed by atoms with Crippen molar-refractivity contribution >= 4 is 19.0 Å². The average molecular weight is 342 g/mol. The van der Waals surface area contributed by atoms with Crippen molar-refractivity contribution < 1.29 is 24.5 Å². The number of rotatable bonds is 8. The number of hydrogen-bond donors (Lipinski definition) is 3. The Morgan fingerprint density at radius 3 is 2.30 bits per heavy atom. The van der Waals surface area contributed by atoms with Crippen molar-refractivity contribution in [1.82, 2.24) is 10.4 Å². The smallest absolute Gasteiger partial charge is 0.305 e. The van der Waals surface area contributed by atoms with Gasteiger partial charge in [0, 0.05) is 0 Å². The van der Waals surface area contributed by atoms with Gasteiger partial charge in [0.15, 0.2) is 0 Å². The minimum Gasteiger partial charge on any atom is -0.481 e. The summed E-state index contributed by atoms with van der Waals surface area (Å²) in [6.45, 7) is 4.67. The van der Waals surface area contributed by atoms with Crippen LogP contribution in [-0.2, 0) is 14.2 Å². The van der Waals surface area contributed by atoms with Crippen LogP contribution in [0, 0.1) is 0 Å². The highest BCUT2D eigenvalue weighted by Gasteiger charge is 2.27. The van der Waals surface area contributed by atoms with Crippen LogP contribution in [0.2, 0.25) is 0 Å². The van der Waals surface area contributed by atoms with Crippen LogP contribution in [0.1, 0.15) is 24.9 Å². The van der Waals surface area contributed by atoms with E-state index < -0.39 is 31.5 Å². The number of amides is 1. The lowest BCUT2D eigenvalue weighted by atomic mass is 10.0. The van der Waals surface area contributed by atoms with E-state index in [1.807, 2.05) is 0 Å². The molecular formula is C15H23N2O5P. The third kappa shape index (κ3) is 6.14. The maximum Gasteiger partial charge on any atom is 0.305 e. The first-order valence-corrected chi connectivity index (χ1v) is 9.85. The molecule has 0 aliphatic carbocycles. The Morgan fingerprint density at radius 2 is 1.83 bits per heavy atom. The fourth-order valence-electron chi connectivity index (χ4n) is 1.90. The largest absolute Gasteiger partial charge is 0.481 e. The van der Waals surface area contributed by atoms with Gasteiger partial charge in [0.05, 0.1) is 31.9 Å². The minimum atomic E-state index is -2.41. The molecule has 0 aromatic heterocycles. The van der Waals surface area contributed by atoms with Gasteiger partial charge in [-0.2, -0.15) is 0 Å². The molecule has 23 heavy (non-hydrogen) atoms. The molecule has 0 spiro atoms. The van der Waals surface area contributed by atoms with Crippen LogP contribution in [0.5, 0.6) is 0 Å². The molecule has 7 nitrogen and oxygen atoms in total. The zero-order valence-corrected chi connectivity index (χ0v) is 14.4. The number of benzene rings is 1. The van der Waals surface area contributed by atoms with Gasteiger partial charge in [-0.15, -0.1) is 0 Å². The van der Waals surface area contributed by atoms with E-state index in [0.717, 1.165) is 0 Å². The molecule has 128 valence electrons.